The molecule has 1 aromatic carbocycles. The van der Waals surface area contributed by atoms with Crippen LogP contribution in [0.3, 0.4) is 0 Å². The van der Waals surface area contributed by atoms with Crippen LogP contribution in [0.25, 0.3) is 0 Å². The number of aromatic nitrogens is 1. The number of pyridine rings is 1. The second-order valence-electron chi connectivity index (χ2n) is 4.08. The highest BCUT2D eigenvalue weighted by Gasteiger charge is 2.02. The lowest BCUT2D eigenvalue weighted by molar-refractivity contribution is 0.145. The van der Waals surface area contributed by atoms with E-state index in [2.05, 4.69) is 10.3 Å². The Morgan fingerprint density at radius 2 is 1.90 bits per heavy atom. The largest absolute Gasteiger partial charge is 0.439 e. The van der Waals surface area contributed by atoms with Crippen molar-refractivity contribution in [2.75, 3.05) is 6.54 Å². The molecular formula is C14H13ClF2N2O. The van der Waals surface area contributed by atoms with Gasteiger partial charge in [0.2, 0.25) is 5.88 Å². The molecule has 0 saturated heterocycles. The Hall–Kier alpha value is -1.72. The van der Waals surface area contributed by atoms with E-state index in [1.165, 1.54) is 0 Å². The fraction of sp³-hybridized carbons (Fsp3) is 0.214. The quantitative estimate of drug-likeness (QED) is 0.879. The number of hydrogen-bond donors (Lipinski definition) is 1. The van der Waals surface area contributed by atoms with Crippen LogP contribution in [0.2, 0.25) is 5.02 Å². The smallest absolute Gasteiger partial charge is 0.250 e. The van der Waals surface area contributed by atoms with Crippen LogP contribution in [0.15, 0.2) is 42.6 Å². The van der Waals surface area contributed by atoms with E-state index in [1.54, 1.807) is 42.6 Å². The molecule has 0 spiro atoms. The third-order valence-corrected chi connectivity index (χ3v) is 2.71. The summed E-state index contributed by atoms with van der Waals surface area (Å²) in [6.07, 6.45) is -0.764. The van der Waals surface area contributed by atoms with Gasteiger partial charge < -0.3 is 10.1 Å². The van der Waals surface area contributed by atoms with Crippen molar-refractivity contribution in [2.45, 2.75) is 13.0 Å². The highest BCUT2D eigenvalue weighted by Crippen LogP contribution is 2.21. The molecule has 0 aliphatic carbocycles. The molecular weight excluding hydrogens is 286 g/mol. The van der Waals surface area contributed by atoms with Crippen molar-refractivity contribution >= 4 is 11.6 Å². The molecule has 0 atom stereocenters. The number of nitrogens with one attached hydrogen (secondary N) is 1. The van der Waals surface area contributed by atoms with Crippen LogP contribution in [0.5, 0.6) is 11.6 Å². The zero-order valence-corrected chi connectivity index (χ0v) is 11.3. The fourth-order valence-electron chi connectivity index (χ4n) is 1.52. The molecule has 2 aromatic rings. The van der Waals surface area contributed by atoms with Crippen LogP contribution < -0.4 is 10.1 Å². The van der Waals surface area contributed by atoms with Gasteiger partial charge in [0, 0.05) is 23.8 Å². The number of halogens is 3. The molecule has 1 aromatic heterocycles. The van der Waals surface area contributed by atoms with E-state index in [4.69, 9.17) is 16.3 Å². The lowest BCUT2D eigenvalue weighted by Gasteiger charge is -2.06. The van der Waals surface area contributed by atoms with Gasteiger partial charge in [-0.15, -0.1) is 0 Å². The molecule has 20 heavy (non-hydrogen) atoms. The summed E-state index contributed by atoms with van der Waals surface area (Å²) >= 11 is 5.77. The molecule has 1 N–H and O–H groups in total. The minimum absolute atomic E-state index is 0.330. The van der Waals surface area contributed by atoms with Crippen molar-refractivity contribution in [3.05, 3.63) is 53.2 Å². The first-order chi connectivity index (χ1) is 9.63. The molecule has 0 aliphatic heterocycles. The van der Waals surface area contributed by atoms with Gasteiger partial charge in [0.1, 0.15) is 5.75 Å². The lowest BCUT2D eigenvalue weighted by Crippen LogP contribution is -2.20. The molecule has 3 nitrogen and oxygen atoms in total. The van der Waals surface area contributed by atoms with Crippen LogP contribution in [0.1, 0.15) is 5.56 Å². The second kappa shape index (κ2) is 7.17. The maximum Gasteiger partial charge on any atom is 0.250 e. The average Bonchev–Trinajstić information content (AvgIpc) is 2.43. The van der Waals surface area contributed by atoms with Crippen molar-refractivity contribution < 1.29 is 13.5 Å². The monoisotopic (exact) mass is 298 g/mol. The Balaban J connectivity index is 1.89. The minimum Gasteiger partial charge on any atom is -0.439 e. The molecule has 0 radical (unpaired) electrons. The van der Waals surface area contributed by atoms with Gasteiger partial charge in [-0.1, -0.05) is 17.7 Å². The van der Waals surface area contributed by atoms with Crippen molar-refractivity contribution in [3.8, 4) is 11.6 Å². The van der Waals surface area contributed by atoms with E-state index in [9.17, 15) is 8.78 Å². The summed E-state index contributed by atoms with van der Waals surface area (Å²) < 4.78 is 29.5. The van der Waals surface area contributed by atoms with Crippen molar-refractivity contribution in [1.29, 1.82) is 0 Å². The Morgan fingerprint density at radius 1 is 1.15 bits per heavy atom. The predicted molar refractivity (Wildman–Crippen MR) is 73.5 cm³/mol. The van der Waals surface area contributed by atoms with Crippen LogP contribution in [-0.4, -0.2) is 18.0 Å². The standard InChI is InChI=1S/C14H13ClF2N2O/c15-11-2-4-12(5-3-11)20-14-6-1-10(8-19-14)7-18-9-13(16)17/h1-6,8,13,18H,7,9H2. The van der Waals surface area contributed by atoms with E-state index in [1.807, 2.05) is 0 Å². The summed E-state index contributed by atoms with van der Waals surface area (Å²) in [5.41, 5.74) is 0.814. The normalized spacial score (nSPS) is 10.8. The van der Waals surface area contributed by atoms with Crippen LogP contribution in [0.4, 0.5) is 8.78 Å². The topological polar surface area (TPSA) is 34.1 Å². The zero-order chi connectivity index (χ0) is 14.4. The van der Waals surface area contributed by atoms with Crippen molar-refractivity contribution in [3.63, 3.8) is 0 Å². The first-order valence-corrected chi connectivity index (χ1v) is 6.38. The fourth-order valence-corrected chi connectivity index (χ4v) is 1.65. The molecule has 0 unspecified atom stereocenters. The number of hydrogen-bond acceptors (Lipinski definition) is 3. The van der Waals surface area contributed by atoms with E-state index >= 15 is 0 Å². The highest BCUT2D eigenvalue weighted by atomic mass is 35.5. The summed E-state index contributed by atoms with van der Waals surface area (Å²) in [6, 6.07) is 10.4. The highest BCUT2D eigenvalue weighted by molar-refractivity contribution is 6.30. The molecule has 106 valence electrons. The summed E-state index contributed by atoms with van der Waals surface area (Å²) in [7, 11) is 0. The first kappa shape index (κ1) is 14.7. The third-order valence-electron chi connectivity index (χ3n) is 2.46. The van der Waals surface area contributed by atoms with Crippen LogP contribution >= 0.6 is 11.6 Å². The lowest BCUT2D eigenvalue weighted by atomic mass is 10.3. The Kier molecular flexibility index (Phi) is 5.26. The molecule has 2 rings (SSSR count). The predicted octanol–water partition coefficient (Wildman–Crippen LogP) is 3.88. The van der Waals surface area contributed by atoms with E-state index in [0.29, 0.717) is 23.2 Å². The first-order valence-electron chi connectivity index (χ1n) is 6.01. The molecule has 6 heteroatoms. The van der Waals surface area contributed by atoms with Crippen molar-refractivity contribution in [1.82, 2.24) is 10.3 Å². The Labute approximate surface area is 120 Å². The van der Waals surface area contributed by atoms with E-state index in [0.717, 1.165) is 5.56 Å². The third kappa shape index (κ3) is 4.75. The van der Waals surface area contributed by atoms with Gasteiger partial charge in [-0.25, -0.2) is 13.8 Å². The maximum absolute atomic E-state index is 12.0. The van der Waals surface area contributed by atoms with Gasteiger partial charge in [-0.2, -0.15) is 0 Å². The SMILES string of the molecule is FC(F)CNCc1ccc(Oc2ccc(Cl)cc2)nc1. The van der Waals surface area contributed by atoms with Gasteiger partial charge in [-0.3, -0.25) is 0 Å². The average molecular weight is 299 g/mol. The second-order valence-corrected chi connectivity index (χ2v) is 4.52. The summed E-state index contributed by atoms with van der Waals surface area (Å²) in [5.74, 6) is 1.07. The van der Waals surface area contributed by atoms with E-state index < -0.39 is 6.43 Å². The summed E-state index contributed by atoms with van der Waals surface area (Å²) in [5, 5.41) is 3.26. The Bertz CT molecular complexity index is 532. The number of benzene rings is 1. The zero-order valence-electron chi connectivity index (χ0n) is 10.5. The van der Waals surface area contributed by atoms with Crippen LogP contribution in [-0.2, 0) is 6.54 Å². The van der Waals surface area contributed by atoms with Crippen LogP contribution in [0, 0.1) is 0 Å². The van der Waals surface area contributed by atoms with E-state index in [-0.39, 0.29) is 6.54 Å². The molecule has 0 amide bonds. The maximum atomic E-state index is 12.0. The van der Waals surface area contributed by atoms with Gasteiger partial charge in [-0.05, 0) is 29.8 Å². The number of rotatable bonds is 6. The minimum atomic E-state index is -2.35. The molecule has 1 heterocycles. The number of ether oxygens (including phenoxy) is 1. The number of nitrogens with zero attached hydrogens (tertiary/aromatic N) is 1. The van der Waals surface area contributed by atoms with Gasteiger partial charge in [0.15, 0.2) is 0 Å². The van der Waals surface area contributed by atoms with Gasteiger partial charge in [0.25, 0.3) is 6.43 Å². The molecule has 0 bridgehead atoms. The molecule has 0 saturated carbocycles. The Morgan fingerprint density at radius 3 is 2.50 bits per heavy atom. The van der Waals surface area contributed by atoms with Gasteiger partial charge in [0.05, 0.1) is 6.54 Å². The summed E-state index contributed by atoms with van der Waals surface area (Å²) in [6.45, 7) is 0.0155. The number of alkyl halides is 2. The van der Waals surface area contributed by atoms with Gasteiger partial charge >= 0.3 is 0 Å². The molecule has 0 aliphatic rings. The molecule has 0 fully saturated rings. The summed E-state index contributed by atoms with van der Waals surface area (Å²) in [4.78, 5) is 4.11. The van der Waals surface area contributed by atoms with Crippen molar-refractivity contribution in [2.24, 2.45) is 0 Å².